The Labute approximate surface area is 191 Å². The zero-order valence-corrected chi connectivity index (χ0v) is 20.5. The molecule has 0 aromatic heterocycles. The van der Waals surface area contributed by atoms with Gasteiger partial charge in [0.15, 0.2) is 15.8 Å². The minimum absolute atomic E-state index is 0. The molecule has 0 fully saturated rings. The van der Waals surface area contributed by atoms with Crippen LogP contribution in [0.15, 0.2) is 52.4 Å². The van der Waals surface area contributed by atoms with Crippen molar-refractivity contribution in [2.45, 2.75) is 31.7 Å². The lowest BCUT2D eigenvalue weighted by Gasteiger charge is -2.12. The lowest BCUT2D eigenvalue weighted by atomic mass is 10.1. The Balaban J connectivity index is 0.00000420. The van der Waals surface area contributed by atoms with Gasteiger partial charge in [0.2, 0.25) is 0 Å². The van der Waals surface area contributed by atoms with Crippen molar-refractivity contribution in [3.8, 4) is 5.75 Å². The average molecular weight is 531 g/mol. The monoisotopic (exact) mass is 531 g/mol. The summed E-state index contributed by atoms with van der Waals surface area (Å²) in [5, 5.41) is 6.56. The quantitative estimate of drug-likeness (QED) is 0.311. The summed E-state index contributed by atoms with van der Waals surface area (Å²) in [7, 11) is -1.54. The van der Waals surface area contributed by atoms with Gasteiger partial charge in [0.05, 0.1) is 18.6 Å². The second-order valence-corrected chi connectivity index (χ2v) is 8.58. The number of hydrogen-bond acceptors (Lipinski definition) is 4. The third-order valence-electron chi connectivity index (χ3n) is 4.27. The van der Waals surface area contributed by atoms with Crippen LogP contribution in [0.25, 0.3) is 0 Å². The SMILES string of the molecule is CCNC(=NCc1ccc(S(C)(=O)=O)c(C)c1)NCCc1ccc(OC)cc1.I. The second-order valence-electron chi connectivity index (χ2n) is 6.59. The van der Waals surface area contributed by atoms with Gasteiger partial charge in [0, 0.05) is 19.3 Å². The molecule has 0 saturated heterocycles. The largest absolute Gasteiger partial charge is 0.497 e. The molecule has 2 rings (SSSR count). The summed E-state index contributed by atoms with van der Waals surface area (Å²) in [6, 6.07) is 13.4. The molecule has 0 amide bonds. The number of sulfone groups is 1. The molecule has 6 nitrogen and oxygen atoms in total. The van der Waals surface area contributed by atoms with Gasteiger partial charge in [-0.05, 0) is 55.2 Å². The van der Waals surface area contributed by atoms with Crippen LogP contribution in [0.4, 0.5) is 0 Å². The first-order valence-electron chi connectivity index (χ1n) is 9.28. The fraction of sp³-hybridized carbons (Fsp3) is 0.381. The molecule has 2 aromatic carbocycles. The van der Waals surface area contributed by atoms with Crippen LogP contribution in [-0.2, 0) is 22.8 Å². The van der Waals surface area contributed by atoms with Crippen molar-refractivity contribution >= 4 is 39.8 Å². The fourth-order valence-electron chi connectivity index (χ4n) is 2.86. The van der Waals surface area contributed by atoms with Gasteiger partial charge in [-0.25, -0.2) is 13.4 Å². The number of nitrogens with zero attached hydrogens (tertiary/aromatic N) is 1. The Bertz CT molecular complexity index is 913. The first-order valence-corrected chi connectivity index (χ1v) is 11.2. The highest BCUT2D eigenvalue weighted by atomic mass is 127. The van der Waals surface area contributed by atoms with E-state index in [1.807, 2.05) is 38.1 Å². The average Bonchev–Trinajstić information content (AvgIpc) is 2.65. The third-order valence-corrected chi connectivity index (χ3v) is 5.52. The summed E-state index contributed by atoms with van der Waals surface area (Å²) >= 11 is 0. The van der Waals surface area contributed by atoms with Crippen molar-refractivity contribution in [1.82, 2.24) is 10.6 Å². The molecule has 2 aromatic rings. The van der Waals surface area contributed by atoms with Crippen molar-refractivity contribution in [3.63, 3.8) is 0 Å². The van der Waals surface area contributed by atoms with E-state index >= 15 is 0 Å². The fourth-order valence-corrected chi connectivity index (χ4v) is 3.81. The predicted molar refractivity (Wildman–Crippen MR) is 129 cm³/mol. The van der Waals surface area contributed by atoms with Crippen LogP contribution in [0.3, 0.4) is 0 Å². The van der Waals surface area contributed by atoms with Gasteiger partial charge in [-0.3, -0.25) is 0 Å². The van der Waals surface area contributed by atoms with Crippen LogP contribution in [-0.4, -0.2) is 40.8 Å². The van der Waals surface area contributed by atoms with Crippen molar-refractivity contribution in [1.29, 1.82) is 0 Å². The molecule has 0 heterocycles. The van der Waals surface area contributed by atoms with Crippen LogP contribution in [0.1, 0.15) is 23.6 Å². The van der Waals surface area contributed by atoms with E-state index in [4.69, 9.17) is 4.74 Å². The Hall–Kier alpha value is -1.81. The zero-order chi connectivity index (χ0) is 20.6. The number of rotatable bonds is 8. The molecular weight excluding hydrogens is 501 g/mol. The summed E-state index contributed by atoms with van der Waals surface area (Å²) in [5.41, 5.74) is 2.93. The van der Waals surface area contributed by atoms with Gasteiger partial charge in [0.1, 0.15) is 5.75 Å². The Morgan fingerprint density at radius 2 is 1.72 bits per heavy atom. The van der Waals surface area contributed by atoms with Crippen molar-refractivity contribution < 1.29 is 13.2 Å². The molecule has 160 valence electrons. The molecule has 0 bridgehead atoms. The number of benzene rings is 2. The second kappa shape index (κ2) is 12.0. The van der Waals surface area contributed by atoms with Crippen LogP contribution < -0.4 is 15.4 Å². The lowest BCUT2D eigenvalue weighted by Crippen LogP contribution is -2.38. The van der Waals surface area contributed by atoms with Gasteiger partial charge in [-0.2, -0.15) is 0 Å². The van der Waals surface area contributed by atoms with Gasteiger partial charge in [-0.1, -0.05) is 24.3 Å². The molecule has 0 saturated carbocycles. The summed E-state index contributed by atoms with van der Waals surface area (Å²) in [6.07, 6.45) is 2.10. The van der Waals surface area contributed by atoms with Gasteiger partial charge in [0.25, 0.3) is 0 Å². The van der Waals surface area contributed by atoms with Gasteiger partial charge in [-0.15, -0.1) is 24.0 Å². The van der Waals surface area contributed by atoms with Crippen LogP contribution in [0.2, 0.25) is 0 Å². The molecule has 8 heteroatoms. The third kappa shape index (κ3) is 8.22. The molecule has 0 spiro atoms. The highest BCUT2D eigenvalue weighted by Gasteiger charge is 2.10. The van der Waals surface area contributed by atoms with Gasteiger partial charge < -0.3 is 15.4 Å². The van der Waals surface area contributed by atoms with E-state index in [-0.39, 0.29) is 24.0 Å². The normalized spacial score (nSPS) is 11.5. The van der Waals surface area contributed by atoms with Crippen molar-refractivity contribution in [3.05, 3.63) is 59.2 Å². The Morgan fingerprint density at radius 3 is 2.28 bits per heavy atom. The van der Waals surface area contributed by atoms with Crippen LogP contribution >= 0.6 is 24.0 Å². The molecule has 0 radical (unpaired) electrons. The molecule has 0 aliphatic carbocycles. The van der Waals surface area contributed by atoms with E-state index < -0.39 is 9.84 Å². The maximum atomic E-state index is 11.7. The Kier molecular flexibility index (Phi) is 10.5. The maximum absolute atomic E-state index is 11.7. The van der Waals surface area contributed by atoms with E-state index in [1.165, 1.54) is 11.8 Å². The predicted octanol–water partition coefficient (Wildman–Crippen LogP) is 3.32. The molecular formula is C21H30IN3O3S. The summed E-state index contributed by atoms with van der Waals surface area (Å²) < 4.78 is 28.6. The van der Waals surface area contributed by atoms with Gasteiger partial charge >= 0.3 is 0 Å². The first kappa shape index (κ1) is 25.2. The number of methoxy groups -OCH3 is 1. The topological polar surface area (TPSA) is 79.8 Å². The summed E-state index contributed by atoms with van der Waals surface area (Å²) in [4.78, 5) is 4.97. The van der Waals surface area contributed by atoms with Crippen molar-refractivity contribution in [2.75, 3.05) is 26.5 Å². The summed E-state index contributed by atoms with van der Waals surface area (Å²) in [6.45, 7) is 5.82. The number of aliphatic imine (C=N–C) groups is 1. The molecule has 0 atom stereocenters. The molecule has 0 unspecified atom stereocenters. The van der Waals surface area contributed by atoms with Crippen LogP contribution in [0.5, 0.6) is 5.75 Å². The van der Waals surface area contributed by atoms with E-state index in [9.17, 15) is 8.42 Å². The number of hydrogen-bond donors (Lipinski definition) is 2. The minimum atomic E-state index is -3.20. The zero-order valence-electron chi connectivity index (χ0n) is 17.4. The standard InChI is InChI=1S/C21H29N3O3S.HI/c1-5-22-21(23-13-12-17-6-9-19(27-3)10-7-17)24-15-18-8-11-20(16(2)14-18)28(4,25)26;/h6-11,14H,5,12-13,15H2,1-4H3,(H2,22,23,24);1H. The first-order chi connectivity index (χ1) is 13.3. The van der Waals surface area contributed by atoms with Crippen molar-refractivity contribution in [2.24, 2.45) is 4.99 Å². The minimum Gasteiger partial charge on any atom is -0.497 e. The van der Waals surface area contributed by atoms with Crippen LogP contribution in [0, 0.1) is 6.92 Å². The number of nitrogens with one attached hydrogen (secondary N) is 2. The lowest BCUT2D eigenvalue weighted by molar-refractivity contribution is 0.414. The number of aryl methyl sites for hydroxylation is 1. The number of halogens is 1. The van der Waals surface area contributed by atoms with E-state index in [1.54, 1.807) is 13.2 Å². The molecule has 29 heavy (non-hydrogen) atoms. The van der Waals surface area contributed by atoms with E-state index in [0.29, 0.717) is 11.4 Å². The number of ether oxygens (including phenoxy) is 1. The maximum Gasteiger partial charge on any atom is 0.191 e. The highest BCUT2D eigenvalue weighted by Crippen LogP contribution is 2.17. The molecule has 0 aliphatic heterocycles. The Morgan fingerprint density at radius 1 is 1.07 bits per heavy atom. The number of guanidine groups is 1. The molecule has 0 aliphatic rings. The van der Waals surface area contributed by atoms with E-state index in [2.05, 4.69) is 27.8 Å². The highest BCUT2D eigenvalue weighted by molar-refractivity contribution is 14.0. The van der Waals surface area contributed by atoms with E-state index in [0.717, 1.165) is 42.3 Å². The smallest absolute Gasteiger partial charge is 0.191 e. The summed E-state index contributed by atoms with van der Waals surface area (Å²) in [5.74, 6) is 1.59. The molecule has 2 N–H and O–H groups in total.